The van der Waals surface area contributed by atoms with Gasteiger partial charge in [-0.15, -0.1) is 0 Å². The van der Waals surface area contributed by atoms with Crippen molar-refractivity contribution in [2.24, 2.45) is 5.41 Å². The lowest BCUT2D eigenvalue weighted by molar-refractivity contribution is -0.125. The highest BCUT2D eigenvalue weighted by molar-refractivity contribution is 5.94. The first-order valence-corrected chi connectivity index (χ1v) is 10.9. The zero-order valence-corrected chi connectivity index (χ0v) is 17.4. The summed E-state index contributed by atoms with van der Waals surface area (Å²) in [4.78, 5) is 19.5. The Morgan fingerprint density at radius 3 is 2.81 bits per heavy atom. The van der Waals surface area contributed by atoms with E-state index in [1.54, 1.807) is 18.3 Å². The van der Waals surface area contributed by atoms with Gasteiger partial charge in [-0.05, 0) is 62.3 Å². The molecular weight excluding hydrogens is 412 g/mol. The number of fused-ring (bicyclic) bond motifs is 1. The summed E-state index contributed by atoms with van der Waals surface area (Å²) in [5.74, 6) is -0.983. The van der Waals surface area contributed by atoms with E-state index in [0.29, 0.717) is 36.0 Å². The highest BCUT2D eigenvalue weighted by Crippen LogP contribution is 2.45. The molecule has 3 N–H and O–H groups in total. The van der Waals surface area contributed by atoms with Gasteiger partial charge in [0.05, 0.1) is 18.0 Å². The standard InChI is InChI=1S/C24H23F2N5O/c25-15-9-18-19(12-29-22(18)28-11-15)14-4-5-20(26)21(8-14)30-16-2-1-3-17(10-16)31-23(32)24(13-27)6-7-24/h4-5,8-9,11-12,16-17,30H,1-3,6-7,10H2,(H,28,29)(H,31,32)/t16-,17+/m0/s1. The number of aromatic nitrogens is 2. The monoisotopic (exact) mass is 435 g/mol. The topological polar surface area (TPSA) is 93.6 Å². The number of hydrogen-bond donors (Lipinski definition) is 3. The Morgan fingerprint density at radius 2 is 2.03 bits per heavy atom. The predicted octanol–water partition coefficient (Wildman–Crippen LogP) is 4.65. The lowest BCUT2D eigenvalue weighted by Crippen LogP contribution is -2.44. The van der Waals surface area contributed by atoms with Gasteiger partial charge in [-0.25, -0.2) is 13.8 Å². The lowest BCUT2D eigenvalue weighted by Gasteiger charge is -2.31. The number of aromatic amines is 1. The number of carbonyl (C=O) groups is 1. The number of H-pyrrole nitrogens is 1. The normalized spacial score (nSPS) is 21.7. The van der Waals surface area contributed by atoms with E-state index < -0.39 is 11.2 Å². The number of benzene rings is 1. The molecule has 6 nitrogen and oxygen atoms in total. The number of pyridine rings is 1. The molecule has 2 aliphatic rings. The summed E-state index contributed by atoms with van der Waals surface area (Å²) in [6, 6.07) is 8.28. The zero-order valence-electron chi connectivity index (χ0n) is 17.4. The summed E-state index contributed by atoms with van der Waals surface area (Å²) in [5.41, 5.74) is 1.59. The van der Waals surface area contributed by atoms with Gasteiger partial charge in [-0.2, -0.15) is 5.26 Å². The predicted molar refractivity (Wildman–Crippen MR) is 117 cm³/mol. The Balaban J connectivity index is 1.32. The van der Waals surface area contributed by atoms with Gasteiger partial charge in [0, 0.05) is 29.2 Å². The average molecular weight is 435 g/mol. The van der Waals surface area contributed by atoms with Crippen LogP contribution in [0.1, 0.15) is 38.5 Å². The molecule has 32 heavy (non-hydrogen) atoms. The molecular formula is C24H23F2N5O. The maximum atomic E-state index is 14.6. The third-order valence-electron chi connectivity index (χ3n) is 6.54. The molecule has 2 saturated carbocycles. The Labute approximate surface area is 184 Å². The van der Waals surface area contributed by atoms with E-state index in [4.69, 9.17) is 0 Å². The van der Waals surface area contributed by atoms with Crippen LogP contribution < -0.4 is 10.6 Å². The smallest absolute Gasteiger partial charge is 0.240 e. The van der Waals surface area contributed by atoms with Gasteiger partial charge in [0.1, 0.15) is 22.7 Å². The molecule has 0 aliphatic heterocycles. The Bertz CT molecular complexity index is 1230. The first kappa shape index (κ1) is 20.4. The number of amides is 1. The van der Waals surface area contributed by atoms with Crippen LogP contribution in [0.25, 0.3) is 22.2 Å². The van der Waals surface area contributed by atoms with Gasteiger partial charge in [0.2, 0.25) is 5.91 Å². The minimum absolute atomic E-state index is 0.00174. The van der Waals surface area contributed by atoms with Crippen LogP contribution in [0.4, 0.5) is 14.5 Å². The second kappa shape index (κ2) is 7.90. The molecule has 1 aromatic carbocycles. The number of halogens is 2. The number of hydrogen-bond acceptors (Lipinski definition) is 4. The summed E-state index contributed by atoms with van der Waals surface area (Å²) in [7, 11) is 0. The lowest BCUT2D eigenvalue weighted by atomic mass is 9.90. The van der Waals surface area contributed by atoms with E-state index in [-0.39, 0.29) is 23.8 Å². The van der Waals surface area contributed by atoms with Crippen molar-refractivity contribution in [2.75, 3.05) is 5.32 Å². The number of anilines is 1. The van der Waals surface area contributed by atoms with E-state index in [2.05, 4.69) is 26.7 Å². The number of carbonyl (C=O) groups excluding carboxylic acids is 1. The van der Waals surface area contributed by atoms with Crippen LogP contribution in [-0.2, 0) is 4.79 Å². The molecule has 2 atom stereocenters. The molecule has 3 aromatic rings. The van der Waals surface area contributed by atoms with Crippen LogP contribution in [-0.4, -0.2) is 28.0 Å². The molecule has 0 spiro atoms. The molecule has 0 saturated heterocycles. The van der Waals surface area contributed by atoms with Crippen molar-refractivity contribution in [1.82, 2.24) is 15.3 Å². The maximum absolute atomic E-state index is 14.6. The molecule has 8 heteroatoms. The van der Waals surface area contributed by atoms with Crippen molar-refractivity contribution >= 4 is 22.6 Å². The Kier molecular flexibility index (Phi) is 5.04. The van der Waals surface area contributed by atoms with E-state index in [1.165, 1.54) is 12.1 Å². The van der Waals surface area contributed by atoms with Crippen molar-refractivity contribution in [3.05, 3.63) is 48.3 Å². The Hall–Kier alpha value is -3.47. The average Bonchev–Trinajstić information content (AvgIpc) is 3.49. The number of rotatable bonds is 5. The van der Waals surface area contributed by atoms with Gasteiger partial charge in [-0.1, -0.05) is 6.07 Å². The van der Waals surface area contributed by atoms with Crippen LogP contribution in [0.2, 0.25) is 0 Å². The minimum atomic E-state index is -0.839. The summed E-state index contributed by atoms with van der Waals surface area (Å²) in [6.07, 6.45) is 7.41. The number of nitrogens with zero attached hydrogens (tertiary/aromatic N) is 2. The third-order valence-corrected chi connectivity index (χ3v) is 6.54. The largest absolute Gasteiger partial charge is 0.380 e. The second-order valence-electron chi connectivity index (χ2n) is 8.82. The fraction of sp³-hybridized carbons (Fsp3) is 0.375. The molecule has 0 unspecified atom stereocenters. The molecule has 2 heterocycles. The molecule has 164 valence electrons. The molecule has 5 rings (SSSR count). The van der Waals surface area contributed by atoms with Gasteiger partial charge in [0.25, 0.3) is 0 Å². The summed E-state index contributed by atoms with van der Waals surface area (Å²) < 4.78 is 28.3. The zero-order chi connectivity index (χ0) is 22.3. The van der Waals surface area contributed by atoms with E-state index in [9.17, 15) is 18.8 Å². The summed E-state index contributed by atoms with van der Waals surface area (Å²) in [6.45, 7) is 0. The minimum Gasteiger partial charge on any atom is -0.380 e. The fourth-order valence-electron chi connectivity index (χ4n) is 4.53. The van der Waals surface area contributed by atoms with Crippen molar-refractivity contribution in [1.29, 1.82) is 5.26 Å². The van der Waals surface area contributed by atoms with Crippen molar-refractivity contribution < 1.29 is 13.6 Å². The van der Waals surface area contributed by atoms with Crippen LogP contribution in [0.5, 0.6) is 0 Å². The Morgan fingerprint density at radius 1 is 1.22 bits per heavy atom. The quantitative estimate of drug-likeness (QED) is 0.544. The number of nitriles is 1. The fourth-order valence-corrected chi connectivity index (χ4v) is 4.53. The van der Waals surface area contributed by atoms with Gasteiger partial charge in [-0.3, -0.25) is 4.79 Å². The third kappa shape index (κ3) is 3.79. The van der Waals surface area contributed by atoms with Crippen molar-refractivity contribution in [2.45, 2.75) is 50.6 Å². The van der Waals surface area contributed by atoms with Crippen LogP contribution in [0, 0.1) is 28.4 Å². The highest BCUT2D eigenvalue weighted by atomic mass is 19.1. The first-order chi connectivity index (χ1) is 15.5. The van der Waals surface area contributed by atoms with Crippen LogP contribution in [0.15, 0.2) is 36.7 Å². The van der Waals surface area contributed by atoms with Crippen molar-refractivity contribution in [3.63, 3.8) is 0 Å². The van der Waals surface area contributed by atoms with Crippen molar-refractivity contribution in [3.8, 4) is 17.2 Å². The van der Waals surface area contributed by atoms with Gasteiger partial charge in [0.15, 0.2) is 0 Å². The summed E-state index contributed by atoms with van der Waals surface area (Å²) >= 11 is 0. The van der Waals surface area contributed by atoms with Crippen LogP contribution >= 0.6 is 0 Å². The number of nitrogens with one attached hydrogen (secondary N) is 3. The molecule has 2 aliphatic carbocycles. The maximum Gasteiger partial charge on any atom is 0.240 e. The second-order valence-corrected chi connectivity index (χ2v) is 8.82. The molecule has 2 fully saturated rings. The molecule has 0 bridgehead atoms. The highest BCUT2D eigenvalue weighted by Gasteiger charge is 2.51. The molecule has 0 radical (unpaired) electrons. The molecule has 1 amide bonds. The van der Waals surface area contributed by atoms with Gasteiger partial charge >= 0.3 is 0 Å². The van der Waals surface area contributed by atoms with Gasteiger partial charge < -0.3 is 15.6 Å². The summed E-state index contributed by atoms with van der Waals surface area (Å²) in [5, 5.41) is 16.2. The van der Waals surface area contributed by atoms with E-state index in [1.807, 2.05) is 0 Å². The van der Waals surface area contributed by atoms with E-state index in [0.717, 1.165) is 36.6 Å². The molecule has 2 aromatic heterocycles. The SMILES string of the molecule is N#CC1(C(=O)N[C@@H]2CCC[C@H](Nc3cc(-c4c[nH]c5ncc(F)cc45)ccc3F)C2)CC1. The van der Waals surface area contributed by atoms with Crippen LogP contribution in [0.3, 0.4) is 0 Å². The first-order valence-electron chi connectivity index (χ1n) is 10.9. The van der Waals surface area contributed by atoms with E-state index >= 15 is 0 Å².